The van der Waals surface area contributed by atoms with Crippen LogP contribution < -0.4 is 5.73 Å². The molecule has 0 radical (unpaired) electrons. The highest BCUT2D eigenvalue weighted by molar-refractivity contribution is 7.10. The van der Waals surface area contributed by atoms with Gasteiger partial charge in [-0.25, -0.2) is 0 Å². The van der Waals surface area contributed by atoms with Crippen molar-refractivity contribution in [3.63, 3.8) is 0 Å². The van der Waals surface area contributed by atoms with E-state index in [0.717, 1.165) is 30.8 Å². The molecule has 0 spiro atoms. The Balaban J connectivity index is 1.92. The number of carbonyl (C=O) groups is 1. The van der Waals surface area contributed by atoms with Gasteiger partial charge in [-0.1, -0.05) is 6.07 Å². The first kappa shape index (κ1) is 13.3. The smallest absolute Gasteiger partial charge is 0.246 e. The van der Waals surface area contributed by atoms with Gasteiger partial charge in [-0.05, 0) is 43.2 Å². The van der Waals surface area contributed by atoms with E-state index in [1.54, 1.807) is 17.4 Å². The van der Waals surface area contributed by atoms with E-state index in [4.69, 9.17) is 5.73 Å². The lowest BCUT2D eigenvalue weighted by Crippen LogP contribution is -2.44. The van der Waals surface area contributed by atoms with Gasteiger partial charge >= 0.3 is 0 Å². The molecule has 4 heteroatoms. The summed E-state index contributed by atoms with van der Waals surface area (Å²) in [5.74, 6) is 0.548. The van der Waals surface area contributed by atoms with E-state index in [2.05, 4.69) is 0 Å². The summed E-state index contributed by atoms with van der Waals surface area (Å²) in [6.07, 6.45) is 5.76. The molecular formula is C14H20N2OS. The van der Waals surface area contributed by atoms with Crippen molar-refractivity contribution in [2.24, 2.45) is 11.7 Å². The minimum absolute atomic E-state index is 0.105. The van der Waals surface area contributed by atoms with E-state index in [9.17, 15) is 4.79 Å². The van der Waals surface area contributed by atoms with Crippen LogP contribution in [0.3, 0.4) is 0 Å². The quantitative estimate of drug-likeness (QED) is 0.852. The predicted octanol–water partition coefficient (Wildman–Crippen LogP) is 2.35. The molecule has 18 heavy (non-hydrogen) atoms. The van der Waals surface area contributed by atoms with Crippen LogP contribution in [-0.4, -0.2) is 29.9 Å². The SMILES string of the molecule is CC(N)C1CCCN(C(=O)C=Cc2cccs2)C1. The molecule has 2 rings (SSSR count). The van der Waals surface area contributed by atoms with Crippen molar-refractivity contribution in [3.8, 4) is 0 Å². The normalized spacial score (nSPS) is 22.3. The van der Waals surface area contributed by atoms with Crippen LogP contribution in [0.25, 0.3) is 6.08 Å². The van der Waals surface area contributed by atoms with Gasteiger partial charge in [0, 0.05) is 30.1 Å². The van der Waals surface area contributed by atoms with Crippen LogP contribution in [0.5, 0.6) is 0 Å². The Hall–Kier alpha value is -1.13. The number of amides is 1. The Bertz CT molecular complexity index is 411. The number of piperidine rings is 1. The molecule has 1 aromatic rings. The number of nitrogens with zero attached hydrogens (tertiary/aromatic N) is 1. The number of hydrogen-bond acceptors (Lipinski definition) is 3. The summed E-state index contributed by atoms with van der Waals surface area (Å²) in [4.78, 5) is 15.1. The van der Waals surface area contributed by atoms with Gasteiger partial charge in [-0.2, -0.15) is 0 Å². The van der Waals surface area contributed by atoms with E-state index in [0.29, 0.717) is 5.92 Å². The lowest BCUT2D eigenvalue weighted by Gasteiger charge is -2.34. The summed E-state index contributed by atoms with van der Waals surface area (Å²) in [6.45, 7) is 3.68. The van der Waals surface area contributed by atoms with E-state index < -0.39 is 0 Å². The summed E-state index contributed by atoms with van der Waals surface area (Å²) in [5.41, 5.74) is 5.93. The monoisotopic (exact) mass is 264 g/mol. The number of nitrogens with two attached hydrogens (primary N) is 1. The van der Waals surface area contributed by atoms with E-state index >= 15 is 0 Å². The maximum absolute atomic E-state index is 12.1. The van der Waals surface area contributed by atoms with Crippen molar-refractivity contribution >= 4 is 23.3 Å². The van der Waals surface area contributed by atoms with Crippen LogP contribution in [0.15, 0.2) is 23.6 Å². The maximum atomic E-state index is 12.1. The van der Waals surface area contributed by atoms with Crippen LogP contribution in [0, 0.1) is 5.92 Å². The fourth-order valence-electron chi connectivity index (χ4n) is 2.28. The van der Waals surface area contributed by atoms with Gasteiger partial charge in [0.1, 0.15) is 0 Å². The zero-order valence-electron chi connectivity index (χ0n) is 10.7. The zero-order chi connectivity index (χ0) is 13.0. The lowest BCUT2D eigenvalue weighted by molar-refractivity contribution is -0.127. The predicted molar refractivity (Wildman–Crippen MR) is 76.3 cm³/mol. The third-order valence-electron chi connectivity index (χ3n) is 3.45. The van der Waals surface area contributed by atoms with E-state index in [1.807, 2.05) is 35.4 Å². The second kappa shape index (κ2) is 6.16. The van der Waals surface area contributed by atoms with Gasteiger partial charge in [0.2, 0.25) is 5.91 Å². The molecule has 98 valence electrons. The standard InChI is InChI=1S/C14H20N2OS/c1-11(15)12-4-2-8-16(10-12)14(17)7-6-13-5-3-9-18-13/h3,5-7,9,11-12H,2,4,8,10,15H2,1H3. The molecule has 3 nitrogen and oxygen atoms in total. The number of hydrogen-bond donors (Lipinski definition) is 1. The molecule has 1 saturated heterocycles. The number of carbonyl (C=O) groups excluding carboxylic acids is 1. The Morgan fingerprint density at radius 1 is 1.67 bits per heavy atom. The molecule has 1 aliphatic rings. The Morgan fingerprint density at radius 3 is 3.17 bits per heavy atom. The molecule has 0 aromatic carbocycles. The second-order valence-electron chi connectivity index (χ2n) is 4.89. The average molecular weight is 264 g/mol. The van der Waals surface area contributed by atoms with Crippen LogP contribution in [0.2, 0.25) is 0 Å². The van der Waals surface area contributed by atoms with E-state index in [-0.39, 0.29) is 11.9 Å². The summed E-state index contributed by atoms with van der Waals surface area (Å²) in [6, 6.07) is 4.17. The van der Waals surface area contributed by atoms with Crippen molar-refractivity contribution in [1.29, 1.82) is 0 Å². The minimum Gasteiger partial charge on any atom is -0.339 e. The molecular weight excluding hydrogens is 244 g/mol. The van der Waals surface area contributed by atoms with Crippen LogP contribution in [0.4, 0.5) is 0 Å². The van der Waals surface area contributed by atoms with Crippen molar-refractivity contribution < 1.29 is 4.79 Å². The molecule has 1 fully saturated rings. The van der Waals surface area contributed by atoms with Gasteiger partial charge < -0.3 is 10.6 Å². The third-order valence-corrected chi connectivity index (χ3v) is 4.28. The Morgan fingerprint density at radius 2 is 2.50 bits per heavy atom. The summed E-state index contributed by atoms with van der Waals surface area (Å²) in [7, 11) is 0. The first-order valence-electron chi connectivity index (χ1n) is 6.43. The molecule has 0 saturated carbocycles. The first-order chi connectivity index (χ1) is 8.66. The molecule has 1 aliphatic heterocycles. The average Bonchev–Trinajstić information content (AvgIpc) is 2.89. The molecule has 0 bridgehead atoms. The van der Waals surface area contributed by atoms with Crippen LogP contribution in [-0.2, 0) is 4.79 Å². The fourth-order valence-corrected chi connectivity index (χ4v) is 2.90. The number of rotatable bonds is 3. The van der Waals surface area contributed by atoms with Gasteiger partial charge in [0.25, 0.3) is 0 Å². The minimum atomic E-state index is 0.105. The summed E-state index contributed by atoms with van der Waals surface area (Å²) >= 11 is 1.64. The van der Waals surface area contributed by atoms with Gasteiger partial charge in [0.15, 0.2) is 0 Å². The van der Waals surface area contributed by atoms with Crippen LogP contribution >= 0.6 is 11.3 Å². The highest BCUT2D eigenvalue weighted by atomic mass is 32.1. The summed E-state index contributed by atoms with van der Waals surface area (Å²) < 4.78 is 0. The Kier molecular flexibility index (Phi) is 4.55. The molecule has 1 amide bonds. The van der Waals surface area contributed by atoms with Gasteiger partial charge in [-0.15, -0.1) is 11.3 Å². The van der Waals surface area contributed by atoms with Crippen molar-refractivity contribution in [3.05, 3.63) is 28.5 Å². The van der Waals surface area contributed by atoms with Gasteiger partial charge in [0.05, 0.1) is 0 Å². The highest BCUT2D eigenvalue weighted by Gasteiger charge is 2.24. The molecule has 1 aromatic heterocycles. The largest absolute Gasteiger partial charge is 0.339 e. The fraction of sp³-hybridized carbons (Fsp3) is 0.500. The van der Waals surface area contributed by atoms with E-state index in [1.165, 1.54) is 0 Å². The Labute approximate surface area is 112 Å². The molecule has 2 N–H and O–H groups in total. The van der Waals surface area contributed by atoms with Crippen LogP contribution in [0.1, 0.15) is 24.6 Å². The summed E-state index contributed by atoms with van der Waals surface area (Å²) in [5, 5.41) is 2.01. The molecule has 2 heterocycles. The second-order valence-corrected chi connectivity index (χ2v) is 5.87. The maximum Gasteiger partial charge on any atom is 0.246 e. The first-order valence-corrected chi connectivity index (χ1v) is 7.31. The number of likely N-dealkylation sites (tertiary alicyclic amines) is 1. The topological polar surface area (TPSA) is 46.3 Å². The molecule has 0 aliphatic carbocycles. The van der Waals surface area contributed by atoms with Crippen molar-refractivity contribution in [1.82, 2.24) is 4.90 Å². The highest BCUT2D eigenvalue weighted by Crippen LogP contribution is 2.19. The molecule has 2 unspecified atom stereocenters. The van der Waals surface area contributed by atoms with Gasteiger partial charge in [-0.3, -0.25) is 4.79 Å². The molecule has 2 atom stereocenters. The lowest BCUT2D eigenvalue weighted by atomic mass is 9.92. The zero-order valence-corrected chi connectivity index (χ0v) is 11.5. The van der Waals surface area contributed by atoms with Crippen molar-refractivity contribution in [2.75, 3.05) is 13.1 Å². The third kappa shape index (κ3) is 3.43. The van der Waals surface area contributed by atoms with Crippen molar-refractivity contribution in [2.45, 2.75) is 25.8 Å². The number of thiophene rings is 1.